The minimum absolute atomic E-state index is 0.447. The highest BCUT2D eigenvalue weighted by atomic mass is 15.2. The van der Waals surface area contributed by atoms with Crippen molar-refractivity contribution < 1.29 is 0 Å². The molecule has 1 saturated heterocycles. The Hall–Kier alpha value is -1.58. The average molecular weight is 269 g/mol. The van der Waals surface area contributed by atoms with Crippen LogP contribution in [0.25, 0.3) is 10.9 Å². The summed E-state index contributed by atoms with van der Waals surface area (Å²) in [5.41, 5.74) is 3.87. The second-order valence-corrected chi connectivity index (χ2v) is 5.79. The summed E-state index contributed by atoms with van der Waals surface area (Å²) in [7, 11) is 0. The molecular weight excluding hydrogens is 246 g/mol. The Labute approximate surface area is 120 Å². The SMILES string of the molecule is C=C(C)C[C@@H](c1ccc2cc[nH]c2c1)N1CCNCC1. The van der Waals surface area contributed by atoms with Crippen molar-refractivity contribution >= 4 is 10.9 Å². The first-order chi connectivity index (χ1) is 9.74. The number of hydrogen-bond acceptors (Lipinski definition) is 2. The molecular formula is C17H23N3. The van der Waals surface area contributed by atoms with E-state index in [9.17, 15) is 0 Å². The van der Waals surface area contributed by atoms with E-state index in [0.717, 1.165) is 32.6 Å². The monoisotopic (exact) mass is 269 g/mol. The van der Waals surface area contributed by atoms with Crippen LogP contribution in [0, 0.1) is 0 Å². The van der Waals surface area contributed by atoms with Gasteiger partial charge in [-0.25, -0.2) is 0 Å². The predicted octanol–water partition coefficient (Wildman–Crippen LogP) is 3.08. The van der Waals surface area contributed by atoms with Gasteiger partial charge in [0, 0.05) is 43.9 Å². The summed E-state index contributed by atoms with van der Waals surface area (Å²) < 4.78 is 0. The van der Waals surface area contributed by atoms with Crippen LogP contribution in [0.5, 0.6) is 0 Å². The summed E-state index contributed by atoms with van der Waals surface area (Å²) in [5, 5.41) is 4.71. The fraction of sp³-hybridized carbons (Fsp3) is 0.412. The van der Waals surface area contributed by atoms with Crippen molar-refractivity contribution in [1.29, 1.82) is 0 Å². The molecule has 0 saturated carbocycles. The summed E-state index contributed by atoms with van der Waals surface area (Å²) in [6.45, 7) is 10.6. The molecule has 2 heterocycles. The summed E-state index contributed by atoms with van der Waals surface area (Å²) in [6.07, 6.45) is 3.04. The Morgan fingerprint density at radius 2 is 2.10 bits per heavy atom. The van der Waals surface area contributed by atoms with E-state index in [4.69, 9.17) is 0 Å². The highest BCUT2D eigenvalue weighted by Gasteiger charge is 2.22. The Morgan fingerprint density at radius 1 is 1.30 bits per heavy atom. The first kappa shape index (κ1) is 13.4. The lowest BCUT2D eigenvalue weighted by molar-refractivity contribution is 0.172. The highest BCUT2D eigenvalue weighted by molar-refractivity contribution is 5.80. The normalized spacial score (nSPS) is 18.2. The summed E-state index contributed by atoms with van der Waals surface area (Å²) in [6, 6.07) is 9.35. The molecule has 1 aliphatic heterocycles. The number of fused-ring (bicyclic) bond motifs is 1. The van der Waals surface area contributed by atoms with E-state index in [1.807, 2.05) is 6.20 Å². The van der Waals surface area contributed by atoms with Crippen LogP contribution in [0.15, 0.2) is 42.6 Å². The number of nitrogens with one attached hydrogen (secondary N) is 2. The van der Waals surface area contributed by atoms with Gasteiger partial charge < -0.3 is 10.3 Å². The van der Waals surface area contributed by atoms with Gasteiger partial charge >= 0.3 is 0 Å². The molecule has 1 aromatic carbocycles. The molecule has 0 radical (unpaired) electrons. The van der Waals surface area contributed by atoms with Gasteiger partial charge in [0.05, 0.1) is 0 Å². The minimum Gasteiger partial charge on any atom is -0.361 e. The molecule has 1 aromatic heterocycles. The quantitative estimate of drug-likeness (QED) is 0.836. The van der Waals surface area contributed by atoms with Gasteiger partial charge in [0.15, 0.2) is 0 Å². The van der Waals surface area contributed by atoms with Gasteiger partial charge in [-0.15, -0.1) is 6.58 Å². The van der Waals surface area contributed by atoms with Gasteiger partial charge in [-0.05, 0) is 36.4 Å². The van der Waals surface area contributed by atoms with E-state index in [1.165, 1.54) is 22.0 Å². The maximum atomic E-state index is 4.12. The summed E-state index contributed by atoms with van der Waals surface area (Å²) >= 11 is 0. The molecule has 2 N–H and O–H groups in total. The molecule has 1 aliphatic rings. The molecule has 20 heavy (non-hydrogen) atoms. The molecule has 3 nitrogen and oxygen atoms in total. The molecule has 0 spiro atoms. The topological polar surface area (TPSA) is 31.1 Å². The van der Waals surface area contributed by atoms with Crippen molar-refractivity contribution in [3.05, 3.63) is 48.2 Å². The molecule has 106 valence electrons. The average Bonchev–Trinajstić information content (AvgIpc) is 2.93. The van der Waals surface area contributed by atoms with Gasteiger partial charge in [0.25, 0.3) is 0 Å². The third-order valence-corrected chi connectivity index (χ3v) is 4.10. The van der Waals surface area contributed by atoms with E-state index in [-0.39, 0.29) is 0 Å². The smallest absolute Gasteiger partial charge is 0.0457 e. The molecule has 0 bridgehead atoms. The molecule has 0 unspecified atom stereocenters. The van der Waals surface area contributed by atoms with Crippen molar-refractivity contribution in [2.75, 3.05) is 26.2 Å². The molecule has 2 aromatic rings. The number of benzene rings is 1. The Kier molecular flexibility index (Phi) is 3.90. The summed E-state index contributed by atoms with van der Waals surface area (Å²) in [5.74, 6) is 0. The lowest BCUT2D eigenvalue weighted by atomic mass is 9.97. The lowest BCUT2D eigenvalue weighted by Gasteiger charge is -2.35. The second-order valence-electron chi connectivity index (χ2n) is 5.79. The zero-order valence-electron chi connectivity index (χ0n) is 12.2. The van der Waals surface area contributed by atoms with E-state index in [0.29, 0.717) is 6.04 Å². The van der Waals surface area contributed by atoms with Crippen LogP contribution in [-0.4, -0.2) is 36.1 Å². The third kappa shape index (κ3) is 2.79. The maximum absolute atomic E-state index is 4.12. The summed E-state index contributed by atoms with van der Waals surface area (Å²) in [4.78, 5) is 5.90. The molecule has 3 heteroatoms. The highest BCUT2D eigenvalue weighted by Crippen LogP contribution is 2.29. The van der Waals surface area contributed by atoms with Crippen LogP contribution in [0.3, 0.4) is 0 Å². The number of hydrogen-bond donors (Lipinski definition) is 2. The van der Waals surface area contributed by atoms with Gasteiger partial charge in [-0.3, -0.25) is 4.90 Å². The number of aromatic amines is 1. The number of H-pyrrole nitrogens is 1. The van der Waals surface area contributed by atoms with Crippen LogP contribution in [0.1, 0.15) is 24.9 Å². The fourth-order valence-corrected chi connectivity index (χ4v) is 3.05. The molecule has 3 rings (SSSR count). The van der Waals surface area contributed by atoms with Crippen LogP contribution in [0.4, 0.5) is 0 Å². The van der Waals surface area contributed by atoms with Crippen molar-refractivity contribution in [3.8, 4) is 0 Å². The van der Waals surface area contributed by atoms with Crippen LogP contribution < -0.4 is 5.32 Å². The van der Waals surface area contributed by atoms with Gasteiger partial charge in [-0.1, -0.05) is 17.7 Å². The van der Waals surface area contributed by atoms with Crippen LogP contribution >= 0.6 is 0 Å². The fourth-order valence-electron chi connectivity index (χ4n) is 3.05. The first-order valence-corrected chi connectivity index (χ1v) is 7.40. The van der Waals surface area contributed by atoms with Gasteiger partial charge in [0.2, 0.25) is 0 Å². The lowest BCUT2D eigenvalue weighted by Crippen LogP contribution is -2.45. The number of aromatic nitrogens is 1. The predicted molar refractivity (Wildman–Crippen MR) is 84.9 cm³/mol. The minimum atomic E-state index is 0.447. The van der Waals surface area contributed by atoms with Crippen molar-refractivity contribution in [1.82, 2.24) is 15.2 Å². The standard InChI is InChI=1S/C17H23N3/c1-13(2)11-17(20-9-7-18-8-10-20)15-4-3-14-5-6-19-16(14)12-15/h3-6,12,17-19H,1,7-11H2,2H3/t17-/m0/s1. The third-order valence-electron chi connectivity index (χ3n) is 4.10. The van der Waals surface area contributed by atoms with E-state index >= 15 is 0 Å². The number of rotatable bonds is 4. The molecule has 0 aliphatic carbocycles. The molecule has 1 fully saturated rings. The Bertz CT molecular complexity index is 593. The Balaban J connectivity index is 1.91. The van der Waals surface area contributed by atoms with Crippen LogP contribution in [0.2, 0.25) is 0 Å². The number of piperazine rings is 1. The number of nitrogens with zero attached hydrogens (tertiary/aromatic N) is 1. The van der Waals surface area contributed by atoms with Crippen molar-refractivity contribution in [2.45, 2.75) is 19.4 Å². The van der Waals surface area contributed by atoms with Crippen LogP contribution in [-0.2, 0) is 0 Å². The Morgan fingerprint density at radius 3 is 2.85 bits per heavy atom. The maximum Gasteiger partial charge on any atom is 0.0457 e. The zero-order valence-corrected chi connectivity index (χ0v) is 12.2. The zero-order chi connectivity index (χ0) is 13.9. The van der Waals surface area contributed by atoms with Gasteiger partial charge in [-0.2, -0.15) is 0 Å². The van der Waals surface area contributed by atoms with E-state index in [2.05, 4.69) is 53.0 Å². The second kappa shape index (κ2) is 5.81. The van der Waals surface area contributed by atoms with E-state index < -0.39 is 0 Å². The molecule has 0 amide bonds. The largest absolute Gasteiger partial charge is 0.361 e. The van der Waals surface area contributed by atoms with Crippen molar-refractivity contribution in [2.24, 2.45) is 0 Å². The van der Waals surface area contributed by atoms with E-state index in [1.54, 1.807) is 0 Å². The van der Waals surface area contributed by atoms with Crippen molar-refractivity contribution in [3.63, 3.8) is 0 Å². The molecule has 1 atom stereocenters. The van der Waals surface area contributed by atoms with Gasteiger partial charge in [0.1, 0.15) is 0 Å². The first-order valence-electron chi connectivity index (χ1n) is 7.40.